The largest absolute Gasteiger partial charge is 0.497 e. The normalized spacial score (nSPS) is 21.4. The lowest BCUT2D eigenvalue weighted by atomic mass is 9.86. The Bertz CT molecular complexity index is 1030. The molecule has 1 saturated carbocycles. The van der Waals surface area contributed by atoms with Gasteiger partial charge in [0.1, 0.15) is 5.75 Å². The Kier molecular flexibility index (Phi) is 8.83. The first-order chi connectivity index (χ1) is 17.7. The SMILES string of the molecule is COc1cccc(C2CN(Cc3ccc(C(F)(F)F)cc3)CC2CN(C(=O)C(C)C)C2CCCCC2)c1. The van der Waals surface area contributed by atoms with Crippen molar-refractivity contribution in [1.29, 1.82) is 0 Å². The molecule has 1 amide bonds. The summed E-state index contributed by atoms with van der Waals surface area (Å²) < 4.78 is 44.5. The highest BCUT2D eigenvalue weighted by molar-refractivity contribution is 5.78. The van der Waals surface area contributed by atoms with Gasteiger partial charge in [0.05, 0.1) is 12.7 Å². The molecular weight excluding hydrogens is 477 g/mol. The fraction of sp³-hybridized carbons (Fsp3) is 0.567. The molecule has 4 nitrogen and oxygen atoms in total. The van der Waals surface area contributed by atoms with E-state index in [1.807, 2.05) is 26.0 Å². The maximum atomic E-state index is 13.4. The van der Waals surface area contributed by atoms with Crippen molar-refractivity contribution < 1.29 is 22.7 Å². The van der Waals surface area contributed by atoms with Crippen LogP contribution in [0, 0.1) is 11.8 Å². The summed E-state index contributed by atoms with van der Waals surface area (Å²) in [6.07, 6.45) is 1.35. The van der Waals surface area contributed by atoms with Gasteiger partial charge in [-0.2, -0.15) is 13.2 Å². The second-order valence-electron chi connectivity index (χ2n) is 11.0. The summed E-state index contributed by atoms with van der Waals surface area (Å²) >= 11 is 0. The zero-order chi connectivity index (χ0) is 26.6. The van der Waals surface area contributed by atoms with Gasteiger partial charge in [-0.1, -0.05) is 57.4 Å². The van der Waals surface area contributed by atoms with Crippen LogP contribution in [0.25, 0.3) is 0 Å². The van der Waals surface area contributed by atoms with E-state index in [2.05, 4.69) is 21.9 Å². The summed E-state index contributed by atoms with van der Waals surface area (Å²) in [5, 5.41) is 0. The number of likely N-dealkylation sites (tertiary alicyclic amines) is 1. The molecule has 1 saturated heterocycles. The lowest BCUT2D eigenvalue weighted by molar-refractivity contribution is -0.138. The van der Waals surface area contributed by atoms with Gasteiger partial charge in [-0.05, 0) is 54.2 Å². The van der Waals surface area contributed by atoms with E-state index in [1.165, 1.54) is 12.0 Å². The van der Waals surface area contributed by atoms with E-state index in [0.29, 0.717) is 19.1 Å². The van der Waals surface area contributed by atoms with Crippen LogP contribution in [0.3, 0.4) is 0 Å². The van der Waals surface area contributed by atoms with Gasteiger partial charge in [0.2, 0.25) is 5.91 Å². The van der Waals surface area contributed by atoms with E-state index >= 15 is 0 Å². The standard InChI is InChI=1S/C30H39F3N2O2/c1-21(2)29(36)35(26-9-5-4-6-10-26)19-24-18-34(17-22-12-14-25(15-13-22)30(31,32)33)20-28(24)23-8-7-11-27(16-23)37-3/h7-8,11-16,21,24,26,28H,4-6,9-10,17-20H2,1-3H3. The van der Waals surface area contributed by atoms with Gasteiger partial charge in [0.25, 0.3) is 0 Å². The van der Waals surface area contributed by atoms with Crippen LogP contribution in [-0.2, 0) is 17.5 Å². The van der Waals surface area contributed by atoms with E-state index in [0.717, 1.165) is 62.2 Å². The molecule has 4 rings (SSSR count). The molecule has 0 aromatic heterocycles. The monoisotopic (exact) mass is 516 g/mol. The molecule has 2 aromatic carbocycles. The second-order valence-corrected chi connectivity index (χ2v) is 11.0. The molecule has 1 heterocycles. The van der Waals surface area contributed by atoms with Crippen LogP contribution < -0.4 is 4.74 Å². The molecular formula is C30H39F3N2O2. The highest BCUT2D eigenvalue weighted by atomic mass is 19.4. The van der Waals surface area contributed by atoms with Gasteiger partial charge in [-0.3, -0.25) is 9.69 Å². The Hall–Kier alpha value is -2.54. The van der Waals surface area contributed by atoms with Gasteiger partial charge < -0.3 is 9.64 Å². The van der Waals surface area contributed by atoms with Gasteiger partial charge in [0.15, 0.2) is 0 Å². The number of halogens is 3. The van der Waals surface area contributed by atoms with Crippen molar-refractivity contribution in [3.8, 4) is 5.75 Å². The number of carbonyl (C=O) groups is 1. The van der Waals surface area contributed by atoms with E-state index in [4.69, 9.17) is 4.74 Å². The first kappa shape index (κ1) is 27.5. The highest BCUT2D eigenvalue weighted by Crippen LogP contribution is 2.37. The summed E-state index contributed by atoms with van der Waals surface area (Å²) in [5.74, 6) is 1.40. The fourth-order valence-corrected chi connectivity index (χ4v) is 5.98. The summed E-state index contributed by atoms with van der Waals surface area (Å²) in [7, 11) is 1.66. The molecule has 7 heteroatoms. The number of methoxy groups -OCH3 is 1. The molecule has 37 heavy (non-hydrogen) atoms. The third kappa shape index (κ3) is 6.86. The van der Waals surface area contributed by atoms with E-state index in [-0.39, 0.29) is 23.7 Å². The molecule has 202 valence electrons. The Morgan fingerprint density at radius 2 is 1.76 bits per heavy atom. The van der Waals surface area contributed by atoms with Gasteiger partial charge in [-0.25, -0.2) is 0 Å². The number of rotatable bonds is 8. The maximum absolute atomic E-state index is 13.4. The van der Waals surface area contributed by atoms with E-state index in [9.17, 15) is 18.0 Å². The van der Waals surface area contributed by atoms with Gasteiger partial charge in [0, 0.05) is 44.1 Å². The van der Waals surface area contributed by atoms with Crippen LogP contribution in [-0.4, -0.2) is 48.5 Å². The maximum Gasteiger partial charge on any atom is 0.416 e. The lowest BCUT2D eigenvalue weighted by Gasteiger charge is -2.38. The summed E-state index contributed by atoms with van der Waals surface area (Å²) in [5.41, 5.74) is 1.42. The Morgan fingerprint density at radius 3 is 2.38 bits per heavy atom. The van der Waals surface area contributed by atoms with E-state index in [1.54, 1.807) is 19.2 Å². The first-order valence-corrected chi connectivity index (χ1v) is 13.5. The van der Waals surface area contributed by atoms with Crippen LogP contribution in [0.4, 0.5) is 13.2 Å². The van der Waals surface area contributed by atoms with Crippen LogP contribution in [0.1, 0.15) is 68.6 Å². The number of carbonyl (C=O) groups excluding carboxylic acids is 1. The topological polar surface area (TPSA) is 32.8 Å². The third-order valence-electron chi connectivity index (χ3n) is 7.95. The minimum Gasteiger partial charge on any atom is -0.497 e. The quantitative estimate of drug-likeness (QED) is 0.389. The average molecular weight is 517 g/mol. The minimum absolute atomic E-state index is 0.0538. The zero-order valence-electron chi connectivity index (χ0n) is 22.1. The van der Waals surface area contributed by atoms with Crippen molar-refractivity contribution in [3.05, 3.63) is 65.2 Å². The van der Waals surface area contributed by atoms with Crippen molar-refractivity contribution in [3.63, 3.8) is 0 Å². The molecule has 2 atom stereocenters. The van der Waals surface area contributed by atoms with Crippen molar-refractivity contribution in [2.24, 2.45) is 11.8 Å². The Balaban J connectivity index is 1.57. The molecule has 2 unspecified atom stereocenters. The molecule has 2 aromatic rings. The molecule has 0 bridgehead atoms. The zero-order valence-corrected chi connectivity index (χ0v) is 22.1. The Morgan fingerprint density at radius 1 is 1.05 bits per heavy atom. The van der Waals surface area contributed by atoms with Crippen molar-refractivity contribution in [2.75, 3.05) is 26.7 Å². The van der Waals surface area contributed by atoms with Crippen LogP contribution in [0.5, 0.6) is 5.75 Å². The third-order valence-corrected chi connectivity index (χ3v) is 7.95. The summed E-state index contributed by atoms with van der Waals surface area (Å²) in [4.78, 5) is 17.8. The van der Waals surface area contributed by atoms with Crippen LogP contribution in [0.2, 0.25) is 0 Å². The number of alkyl halides is 3. The summed E-state index contributed by atoms with van der Waals surface area (Å²) in [6.45, 7) is 6.81. The van der Waals surface area contributed by atoms with Gasteiger partial charge in [-0.15, -0.1) is 0 Å². The Labute approximate surface area is 218 Å². The summed E-state index contributed by atoms with van der Waals surface area (Å²) in [6, 6.07) is 13.9. The number of hydrogen-bond acceptors (Lipinski definition) is 3. The van der Waals surface area contributed by atoms with Crippen LogP contribution >= 0.6 is 0 Å². The number of amides is 1. The smallest absolute Gasteiger partial charge is 0.416 e. The fourth-order valence-electron chi connectivity index (χ4n) is 5.98. The van der Waals surface area contributed by atoms with Crippen molar-refractivity contribution in [2.45, 2.75) is 70.6 Å². The molecule has 2 fully saturated rings. The van der Waals surface area contributed by atoms with Crippen molar-refractivity contribution in [1.82, 2.24) is 9.80 Å². The number of benzene rings is 2. The molecule has 0 radical (unpaired) electrons. The predicted octanol–water partition coefficient (Wildman–Crippen LogP) is 6.75. The van der Waals surface area contributed by atoms with Gasteiger partial charge >= 0.3 is 6.18 Å². The second kappa shape index (κ2) is 11.9. The molecule has 1 aliphatic carbocycles. The minimum atomic E-state index is -4.33. The lowest BCUT2D eigenvalue weighted by Crippen LogP contribution is -2.47. The predicted molar refractivity (Wildman–Crippen MR) is 139 cm³/mol. The van der Waals surface area contributed by atoms with E-state index < -0.39 is 11.7 Å². The van der Waals surface area contributed by atoms with Crippen molar-refractivity contribution >= 4 is 5.91 Å². The first-order valence-electron chi connectivity index (χ1n) is 13.5. The number of hydrogen-bond donors (Lipinski definition) is 0. The number of ether oxygens (including phenoxy) is 1. The molecule has 0 N–H and O–H groups in total. The molecule has 1 aliphatic heterocycles. The van der Waals surface area contributed by atoms with Crippen LogP contribution in [0.15, 0.2) is 48.5 Å². The molecule has 0 spiro atoms. The number of nitrogens with zero attached hydrogens (tertiary/aromatic N) is 2. The average Bonchev–Trinajstić information content (AvgIpc) is 3.29. The highest BCUT2D eigenvalue weighted by Gasteiger charge is 2.38. The molecule has 2 aliphatic rings.